The third-order valence-electron chi connectivity index (χ3n) is 3.13. The van der Waals surface area contributed by atoms with Crippen LogP contribution in [0.1, 0.15) is 0 Å². The van der Waals surface area contributed by atoms with Crippen LogP contribution in [0.5, 0.6) is 11.5 Å². The maximum absolute atomic E-state index is 11.6. The first-order valence-corrected chi connectivity index (χ1v) is 6.09. The van der Waals surface area contributed by atoms with E-state index in [0.717, 1.165) is 16.9 Å². The average Bonchev–Trinajstić information content (AvgIpc) is 2.47. The Morgan fingerprint density at radius 1 is 1.05 bits per heavy atom. The van der Waals surface area contributed by atoms with Crippen molar-refractivity contribution in [3.63, 3.8) is 0 Å². The van der Waals surface area contributed by atoms with Crippen molar-refractivity contribution in [2.75, 3.05) is 7.11 Å². The van der Waals surface area contributed by atoms with Gasteiger partial charge in [-0.2, -0.15) is 0 Å². The van der Waals surface area contributed by atoms with Crippen molar-refractivity contribution in [3.8, 4) is 22.6 Å². The van der Waals surface area contributed by atoms with Gasteiger partial charge in [0.2, 0.25) is 0 Å². The summed E-state index contributed by atoms with van der Waals surface area (Å²) in [7, 11) is 1.60. The molecule has 0 unspecified atom stereocenters. The second kappa shape index (κ2) is 4.74. The van der Waals surface area contributed by atoms with Crippen molar-refractivity contribution in [3.05, 3.63) is 59.0 Å². The molecule has 1 heterocycles. The van der Waals surface area contributed by atoms with E-state index in [-0.39, 0.29) is 5.75 Å². The number of aromatic hydroxyl groups is 1. The first-order chi connectivity index (χ1) is 9.67. The molecule has 0 radical (unpaired) electrons. The van der Waals surface area contributed by atoms with Crippen molar-refractivity contribution in [1.29, 1.82) is 0 Å². The molecule has 0 aliphatic carbocycles. The smallest absolute Gasteiger partial charge is 0.336 e. The molecule has 100 valence electrons. The van der Waals surface area contributed by atoms with Crippen molar-refractivity contribution < 1.29 is 14.3 Å². The highest BCUT2D eigenvalue weighted by molar-refractivity contribution is 5.93. The second-order valence-corrected chi connectivity index (χ2v) is 4.39. The van der Waals surface area contributed by atoms with E-state index >= 15 is 0 Å². The van der Waals surface area contributed by atoms with Crippen LogP contribution in [0.4, 0.5) is 0 Å². The third kappa shape index (κ3) is 2.12. The van der Waals surface area contributed by atoms with Crippen molar-refractivity contribution in [2.24, 2.45) is 0 Å². The topological polar surface area (TPSA) is 59.7 Å². The van der Waals surface area contributed by atoms with E-state index in [9.17, 15) is 9.90 Å². The van der Waals surface area contributed by atoms with Crippen molar-refractivity contribution in [1.82, 2.24) is 0 Å². The highest BCUT2D eigenvalue weighted by Gasteiger charge is 2.08. The summed E-state index contributed by atoms with van der Waals surface area (Å²) in [5.41, 5.74) is 1.60. The Kier molecular flexibility index (Phi) is 2.91. The van der Waals surface area contributed by atoms with Crippen molar-refractivity contribution in [2.45, 2.75) is 0 Å². The number of ether oxygens (including phenoxy) is 1. The first-order valence-electron chi connectivity index (χ1n) is 6.09. The lowest BCUT2D eigenvalue weighted by atomic mass is 10.0. The number of hydrogen-bond acceptors (Lipinski definition) is 4. The van der Waals surface area contributed by atoms with Gasteiger partial charge in [-0.25, -0.2) is 4.79 Å². The highest BCUT2D eigenvalue weighted by Crippen LogP contribution is 2.30. The van der Waals surface area contributed by atoms with Gasteiger partial charge in [-0.3, -0.25) is 0 Å². The minimum Gasteiger partial charge on any atom is -0.508 e. The van der Waals surface area contributed by atoms with Crippen LogP contribution < -0.4 is 10.4 Å². The maximum atomic E-state index is 11.6. The van der Waals surface area contributed by atoms with E-state index in [4.69, 9.17) is 9.15 Å². The number of phenols is 1. The molecule has 4 heteroatoms. The molecule has 0 saturated heterocycles. The quantitative estimate of drug-likeness (QED) is 0.725. The van der Waals surface area contributed by atoms with Crippen LogP contribution in [0.3, 0.4) is 0 Å². The van der Waals surface area contributed by atoms with Gasteiger partial charge < -0.3 is 14.3 Å². The van der Waals surface area contributed by atoms with Crippen LogP contribution in [-0.2, 0) is 0 Å². The maximum Gasteiger partial charge on any atom is 0.336 e. The Labute approximate surface area is 114 Å². The van der Waals surface area contributed by atoms with Crippen LogP contribution in [0.2, 0.25) is 0 Å². The molecule has 3 rings (SSSR count). The van der Waals surface area contributed by atoms with Gasteiger partial charge in [0.1, 0.15) is 17.1 Å². The number of rotatable bonds is 2. The average molecular weight is 268 g/mol. The summed E-state index contributed by atoms with van der Waals surface area (Å²) in [6, 6.07) is 13.4. The van der Waals surface area contributed by atoms with Gasteiger partial charge in [-0.05, 0) is 41.5 Å². The summed E-state index contributed by atoms with van der Waals surface area (Å²) in [6.07, 6.45) is 0. The Morgan fingerprint density at radius 2 is 1.80 bits per heavy atom. The van der Waals surface area contributed by atoms with Crippen molar-refractivity contribution >= 4 is 11.0 Å². The predicted octanol–water partition coefficient (Wildman–Crippen LogP) is 3.17. The fourth-order valence-electron chi connectivity index (χ4n) is 2.16. The van der Waals surface area contributed by atoms with Crippen LogP contribution in [0.15, 0.2) is 57.7 Å². The van der Waals surface area contributed by atoms with Gasteiger partial charge in [-0.15, -0.1) is 0 Å². The second-order valence-electron chi connectivity index (χ2n) is 4.39. The van der Waals surface area contributed by atoms with Gasteiger partial charge in [-0.1, -0.05) is 12.1 Å². The van der Waals surface area contributed by atoms with Gasteiger partial charge in [0.05, 0.1) is 7.11 Å². The lowest BCUT2D eigenvalue weighted by Crippen LogP contribution is -1.98. The molecular formula is C16H12O4. The van der Waals surface area contributed by atoms with Gasteiger partial charge in [0.25, 0.3) is 0 Å². The first kappa shape index (κ1) is 12.3. The van der Waals surface area contributed by atoms with Crippen LogP contribution in [-0.4, -0.2) is 12.2 Å². The van der Waals surface area contributed by atoms with E-state index in [0.29, 0.717) is 11.0 Å². The number of methoxy groups -OCH3 is 1. The van der Waals surface area contributed by atoms with E-state index in [1.54, 1.807) is 19.2 Å². The molecule has 0 bridgehead atoms. The fourth-order valence-corrected chi connectivity index (χ4v) is 2.16. The van der Waals surface area contributed by atoms with Gasteiger partial charge >= 0.3 is 5.63 Å². The summed E-state index contributed by atoms with van der Waals surface area (Å²) in [5, 5.41) is 10.3. The predicted molar refractivity (Wildman–Crippen MR) is 76.1 cm³/mol. The summed E-state index contributed by atoms with van der Waals surface area (Å²) in [5.74, 6) is 0.866. The van der Waals surface area contributed by atoms with Crippen LogP contribution in [0, 0.1) is 0 Å². The number of phenolic OH excluding ortho intramolecular Hbond substituents is 1. The Hall–Kier alpha value is -2.75. The number of fused-ring (bicyclic) bond motifs is 1. The van der Waals surface area contributed by atoms with E-state index in [1.807, 2.05) is 24.3 Å². The lowest BCUT2D eigenvalue weighted by molar-refractivity contribution is 0.415. The monoisotopic (exact) mass is 268 g/mol. The summed E-state index contributed by atoms with van der Waals surface area (Å²) >= 11 is 0. The van der Waals surface area contributed by atoms with E-state index < -0.39 is 5.63 Å². The molecule has 0 atom stereocenters. The molecule has 2 aromatic carbocycles. The largest absolute Gasteiger partial charge is 0.508 e. The highest BCUT2D eigenvalue weighted by atomic mass is 16.5. The normalized spacial score (nSPS) is 10.7. The Bertz CT molecular complexity index is 816. The standard InChI is InChI=1S/C16H12O4/c1-19-12-5-2-10(3-6-12)13-9-16(18)20-15-7-4-11(17)8-14(13)15/h2-9,17H,1H3. The molecule has 0 saturated carbocycles. The molecule has 0 spiro atoms. The third-order valence-corrected chi connectivity index (χ3v) is 3.13. The minimum atomic E-state index is -0.422. The molecule has 20 heavy (non-hydrogen) atoms. The SMILES string of the molecule is COc1ccc(-c2cc(=O)oc3ccc(O)cc23)cc1. The Morgan fingerprint density at radius 3 is 2.50 bits per heavy atom. The molecule has 4 nitrogen and oxygen atoms in total. The van der Waals surface area contributed by atoms with Gasteiger partial charge in [0.15, 0.2) is 0 Å². The summed E-state index contributed by atoms with van der Waals surface area (Å²) in [6.45, 7) is 0. The van der Waals surface area contributed by atoms with E-state index in [2.05, 4.69) is 0 Å². The Balaban J connectivity index is 2.28. The number of hydrogen-bond donors (Lipinski definition) is 1. The molecule has 0 aliphatic heterocycles. The fraction of sp³-hybridized carbons (Fsp3) is 0.0625. The molecule has 3 aromatic rings. The zero-order chi connectivity index (χ0) is 14.1. The van der Waals surface area contributed by atoms with Crippen LogP contribution >= 0.6 is 0 Å². The molecule has 1 N–H and O–H groups in total. The minimum absolute atomic E-state index is 0.126. The zero-order valence-electron chi connectivity index (χ0n) is 10.8. The summed E-state index contributed by atoms with van der Waals surface area (Å²) < 4.78 is 10.2. The molecule has 1 aromatic heterocycles. The van der Waals surface area contributed by atoms with Crippen LogP contribution in [0.25, 0.3) is 22.1 Å². The summed E-state index contributed by atoms with van der Waals surface area (Å²) in [4.78, 5) is 11.6. The lowest BCUT2D eigenvalue weighted by Gasteiger charge is -2.07. The van der Waals surface area contributed by atoms with Gasteiger partial charge in [0, 0.05) is 11.5 Å². The molecule has 0 aliphatic rings. The molecule has 0 amide bonds. The van der Waals surface area contributed by atoms with E-state index in [1.165, 1.54) is 12.1 Å². The molecule has 0 fully saturated rings. The zero-order valence-corrected chi connectivity index (χ0v) is 10.8. The molecular weight excluding hydrogens is 256 g/mol. The number of benzene rings is 2.